The van der Waals surface area contributed by atoms with Gasteiger partial charge in [-0.05, 0) is 6.07 Å². The summed E-state index contributed by atoms with van der Waals surface area (Å²) in [6.07, 6.45) is 1.07. The minimum absolute atomic E-state index is 0.0688. The Morgan fingerprint density at radius 2 is 2.38 bits per heavy atom. The molecular weight excluding hydrogens is 191 g/mol. The van der Waals surface area contributed by atoms with Crippen LogP contribution in [0.3, 0.4) is 0 Å². The van der Waals surface area contributed by atoms with E-state index >= 15 is 0 Å². The summed E-state index contributed by atoms with van der Waals surface area (Å²) in [6, 6.07) is 3.15. The number of nitrogens with zero attached hydrogens (tertiary/aromatic N) is 2. The van der Waals surface area contributed by atoms with Crippen LogP contribution < -0.4 is 0 Å². The SMILES string of the molecule is N#CCC#Cc1cc(Cl)ncc1F. The van der Waals surface area contributed by atoms with Crippen LogP contribution in [-0.2, 0) is 0 Å². The number of aromatic nitrogens is 1. The van der Waals surface area contributed by atoms with Crippen molar-refractivity contribution in [2.45, 2.75) is 6.42 Å². The lowest BCUT2D eigenvalue weighted by atomic mass is 10.2. The molecule has 0 saturated carbocycles. The summed E-state index contributed by atoms with van der Waals surface area (Å²) in [7, 11) is 0. The summed E-state index contributed by atoms with van der Waals surface area (Å²) >= 11 is 5.52. The van der Waals surface area contributed by atoms with Crippen LogP contribution in [0.1, 0.15) is 12.0 Å². The van der Waals surface area contributed by atoms with E-state index in [0.29, 0.717) is 0 Å². The monoisotopic (exact) mass is 194 g/mol. The van der Waals surface area contributed by atoms with Gasteiger partial charge in [0.25, 0.3) is 0 Å². The van der Waals surface area contributed by atoms with Crippen molar-refractivity contribution >= 4 is 11.6 Å². The highest BCUT2D eigenvalue weighted by molar-refractivity contribution is 6.29. The molecule has 0 N–H and O–H groups in total. The topological polar surface area (TPSA) is 36.7 Å². The molecule has 2 nitrogen and oxygen atoms in total. The van der Waals surface area contributed by atoms with Gasteiger partial charge in [0, 0.05) is 0 Å². The Morgan fingerprint density at radius 3 is 3.08 bits per heavy atom. The number of rotatable bonds is 0. The maximum absolute atomic E-state index is 12.9. The summed E-state index contributed by atoms with van der Waals surface area (Å²) in [4.78, 5) is 3.53. The molecule has 1 aromatic rings. The first kappa shape index (κ1) is 9.51. The van der Waals surface area contributed by atoms with Crippen molar-refractivity contribution in [2.24, 2.45) is 0 Å². The third-order valence-corrected chi connectivity index (χ3v) is 1.42. The van der Waals surface area contributed by atoms with Crippen molar-refractivity contribution in [3.8, 4) is 17.9 Å². The quantitative estimate of drug-likeness (QED) is 0.469. The molecule has 1 rings (SSSR count). The molecule has 0 bridgehead atoms. The van der Waals surface area contributed by atoms with Crippen molar-refractivity contribution in [3.63, 3.8) is 0 Å². The van der Waals surface area contributed by atoms with Crippen LogP contribution >= 0.6 is 11.6 Å². The Hall–Kier alpha value is -1.58. The van der Waals surface area contributed by atoms with Gasteiger partial charge in [0.1, 0.15) is 5.15 Å². The normalized spacial score (nSPS) is 8.38. The van der Waals surface area contributed by atoms with Crippen LogP contribution in [0, 0.1) is 29.0 Å². The molecule has 0 aliphatic heterocycles. The standard InChI is InChI=1S/C9H4ClFN2/c10-9-5-7(3-1-2-4-12)8(11)6-13-9/h5-6H,2H2. The first-order valence-corrected chi connectivity index (χ1v) is 3.78. The van der Waals surface area contributed by atoms with Crippen LogP contribution in [0.5, 0.6) is 0 Å². The van der Waals surface area contributed by atoms with E-state index < -0.39 is 5.82 Å². The van der Waals surface area contributed by atoms with Crippen molar-refractivity contribution in [3.05, 3.63) is 28.8 Å². The molecule has 0 radical (unpaired) electrons. The van der Waals surface area contributed by atoms with Gasteiger partial charge in [0.15, 0.2) is 5.82 Å². The van der Waals surface area contributed by atoms with E-state index in [1.807, 2.05) is 6.07 Å². The van der Waals surface area contributed by atoms with Crippen LogP contribution in [-0.4, -0.2) is 4.98 Å². The average molecular weight is 195 g/mol. The van der Waals surface area contributed by atoms with Gasteiger partial charge in [-0.2, -0.15) is 5.26 Å². The number of hydrogen-bond acceptors (Lipinski definition) is 2. The summed E-state index contributed by atoms with van der Waals surface area (Å²) in [5.41, 5.74) is 0.162. The fourth-order valence-corrected chi connectivity index (χ4v) is 0.846. The van der Waals surface area contributed by atoms with Crippen LogP contribution in [0.15, 0.2) is 12.3 Å². The molecule has 0 amide bonds. The maximum atomic E-state index is 12.9. The summed E-state index contributed by atoms with van der Waals surface area (Å²) in [5.74, 6) is 4.43. The zero-order valence-electron chi connectivity index (χ0n) is 6.51. The van der Waals surface area contributed by atoms with Crippen LogP contribution in [0.4, 0.5) is 4.39 Å². The maximum Gasteiger partial charge on any atom is 0.157 e. The molecule has 0 aromatic carbocycles. The highest BCUT2D eigenvalue weighted by Gasteiger charge is 1.99. The minimum atomic E-state index is -0.533. The van der Waals surface area contributed by atoms with Crippen LogP contribution in [0.25, 0.3) is 0 Å². The predicted molar refractivity (Wildman–Crippen MR) is 46.3 cm³/mol. The third-order valence-electron chi connectivity index (χ3n) is 1.21. The molecule has 13 heavy (non-hydrogen) atoms. The second kappa shape index (κ2) is 4.45. The molecular formula is C9H4ClFN2. The van der Waals surface area contributed by atoms with E-state index in [1.165, 1.54) is 6.07 Å². The molecule has 0 aliphatic carbocycles. The summed E-state index contributed by atoms with van der Waals surface area (Å²) < 4.78 is 12.9. The van der Waals surface area contributed by atoms with Gasteiger partial charge in [-0.15, -0.1) is 0 Å². The van der Waals surface area contributed by atoms with Crippen molar-refractivity contribution < 1.29 is 4.39 Å². The molecule has 0 atom stereocenters. The lowest BCUT2D eigenvalue weighted by molar-refractivity contribution is 0.618. The van der Waals surface area contributed by atoms with E-state index in [1.54, 1.807) is 0 Å². The van der Waals surface area contributed by atoms with Gasteiger partial charge in [0.05, 0.1) is 24.3 Å². The fraction of sp³-hybridized carbons (Fsp3) is 0.111. The zero-order valence-corrected chi connectivity index (χ0v) is 7.27. The van der Waals surface area contributed by atoms with Crippen molar-refractivity contribution in [1.29, 1.82) is 5.26 Å². The van der Waals surface area contributed by atoms with Crippen molar-refractivity contribution in [2.75, 3.05) is 0 Å². The number of pyridine rings is 1. The molecule has 0 fully saturated rings. The van der Waals surface area contributed by atoms with E-state index in [2.05, 4.69) is 16.8 Å². The largest absolute Gasteiger partial charge is 0.241 e. The minimum Gasteiger partial charge on any atom is -0.241 e. The molecule has 64 valence electrons. The van der Waals surface area contributed by atoms with Gasteiger partial charge in [-0.1, -0.05) is 23.4 Å². The highest BCUT2D eigenvalue weighted by atomic mass is 35.5. The molecule has 0 saturated heterocycles. The lowest BCUT2D eigenvalue weighted by Crippen LogP contribution is -1.85. The smallest absolute Gasteiger partial charge is 0.157 e. The second-order valence-electron chi connectivity index (χ2n) is 2.12. The molecule has 0 unspecified atom stereocenters. The van der Waals surface area contributed by atoms with E-state index in [0.717, 1.165) is 6.20 Å². The Labute approximate surface area is 80.0 Å². The van der Waals surface area contributed by atoms with Gasteiger partial charge in [-0.3, -0.25) is 0 Å². The number of halogens is 2. The van der Waals surface area contributed by atoms with Crippen LogP contribution in [0.2, 0.25) is 5.15 Å². The number of nitriles is 1. The average Bonchev–Trinajstić information content (AvgIpc) is 2.11. The Bertz CT molecular complexity index is 412. The zero-order chi connectivity index (χ0) is 9.68. The molecule has 0 spiro atoms. The van der Waals surface area contributed by atoms with Gasteiger partial charge < -0.3 is 0 Å². The molecule has 1 heterocycles. The van der Waals surface area contributed by atoms with Gasteiger partial charge in [0.2, 0.25) is 0 Å². The summed E-state index contributed by atoms with van der Waals surface area (Å²) in [6.45, 7) is 0. The Kier molecular flexibility index (Phi) is 3.25. The van der Waals surface area contributed by atoms with Gasteiger partial charge >= 0.3 is 0 Å². The molecule has 1 aromatic heterocycles. The van der Waals surface area contributed by atoms with E-state index in [9.17, 15) is 4.39 Å². The highest BCUT2D eigenvalue weighted by Crippen LogP contribution is 2.10. The van der Waals surface area contributed by atoms with Gasteiger partial charge in [-0.25, -0.2) is 9.37 Å². The first-order chi connectivity index (χ1) is 6.24. The predicted octanol–water partition coefficient (Wildman–Crippen LogP) is 2.14. The third kappa shape index (κ3) is 2.74. The first-order valence-electron chi connectivity index (χ1n) is 3.41. The second-order valence-corrected chi connectivity index (χ2v) is 2.51. The Morgan fingerprint density at radius 1 is 1.62 bits per heavy atom. The van der Waals surface area contributed by atoms with E-state index in [4.69, 9.17) is 16.9 Å². The fourth-order valence-electron chi connectivity index (χ4n) is 0.688. The molecule has 0 aliphatic rings. The molecule has 4 heteroatoms. The van der Waals surface area contributed by atoms with E-state index in [-0.39, 0.29) is 17.1 Å². The Balaban J connectivity index is 2.97. The summed E-state index contributed by atoms with van der Waals surface area (Å²) in [5, 5.41) is 8.37. The lowest BCUT2D eigenvalue weighted by Gasteiger charge is -1.92. The van der Waals surface area contributed by atoms with Crippen molar-refractivity contribution in [1.82, 2.24) is 4.98 Å². The number of hydrogen-bond donors (Lipinski definition) is 0.